The number of carbonyl (C=O) groups excluding carboxylic acids is 3. The second kappa shape index (κ2) is 10.6. The summed E-state index contributed by atoms with van der Waals surface area (Å²) < 4.78 is 27.4. The van der Waals surface area contributed by atoms with Crippen LogP contribution >= 0.6 is 0 Å². The Hall–Kier alpha value is -1.87. The van der Waals surface area contributed by atoms with Crippen LogP contribution in [0.4, 0.5) is 4.79 Å². The fourth-order valence-electron chi connectivity index (χ4n) is 4.08. The van der Waals surface area contributed by atoms with E-state index >= 15 is 0 Å². The fourth-order valence-corrected chi connectivity index (χ4v) is 4.08. The zero-order valence-electron chi connectivity index (χ0n) is 18.8. The lowest BCUT2D eigenvalue weighted by molar-refractivity contribution is -0.157. The summed E-state index contributed by atoms with van der Waals surface area (Å²) >= 11 is 0. The van der Waals surface area contributed by atoms with Crippen LogP contribution in [0.2, 0.25) is 0 Å². The van der Waals surface area contributed by atoms with Gasteiger partial charge in [0.15, 0.2) is 0 Å². The summed E-state index contributed by atoms with van der Waals surface area (Å²) in [6.45, 7) is 7.88. The Morgan fingerprint density at radius 1 is 0.903 bits per heavy atom. The lowest BCUT2D eigenvalue weighted by Crippen LogP contribution is -2.42. The van der Waals surface area contributed by atoms with Gasteiger partial charge < -0.3 is 23.7 Å². The van der Waals surface area contributed by atoms with Crippen molar-refractivity contribution >= 4 is 18.0 Å². The molecule has 3 heterocycles. The number of carbonyl (C=O) groups is 3. The predicted molar refractivity (Wildman–Crippen MR) is 109 cm³/mol. The topological polar surface area (TPSA) is 101 Å². The van der Waals surface area contributed by atoms with E-state index in [-0.39, 0.29) is 36.9 Å². The maximum absolute atomic E-state index is 12.7. The number of esters is 2. The molecule has 0 spiro atoms. The van der Waals surface area contributed by atoms with Gasteiger partial charge in [-0.25, -0.2) is 4.79 Å². The molecule has 3 aliphatic rings. The highest BCUT2D eigenvalue weighted by molar-refractivity contribution is 5.74. The Balaban J connectivity index is 1.58. The SMILES string of the molecule is CC(C)(C)OC(=O)N1C[C@H](OC(=O)C2CCOCC2)C[C@H]1COC(=O)C1CCOCC1. The van der Waals surface area contributed by atoms with E-state index in [1.165, 1.54) is 4.90 Å². The lowest BCUT2D eigenvalue weighted by Gasteiger charge is -2.28. The maximum atomic E-state index is 12.7. The van der Waals surface area contributed by atoms with Crippen molar-refractivity contribution in [2.45, 2.75) is 70.6 Å². The van der Waals surface area contributed by atoms with Gasteiger partial charge in [-0.3, -0.25) is 14.5 Å². The van der Waals surface area contributed by atoms with E-state index in [4.69, 9.17) is 23.7 Å². The lowest BCUT2D eigenvalue weighted by atomic mass is 10.0. The minimum atomic E-state index is -0.655. The molecule has 9 heteroatoms. The molecule has 9 nitrogen and oxygen atoms in total. The molecule has 0 unspecified atom stereocenters. The first kappa shape index (κ1) is 23.8. The summed E-state index contributed by atoms with van der Waals surface area (Å²) in [6, 6.07) is -0.397. The zero-order valence-corrected chi connectivity index (χ0v) is 18.8. The van der Waals surface area contributed by atoms with E-state index in [2.05, 4.69) is 0 Å². The Kier molecular flexibility index (Phi) is 8.16. The third-order valence-corrected chi connectivity index (χ3v) is 5.81. The molecule has 0 bridgehead atoms. The van der Waals surface area contributed by atoms with Crippen molar-refractivity contribution in [3.8, 4) is 0 Å². The molecule has 31 heavy (non-hydrogen) atoms. The van der Waals surface area contributed by atoms with Crippen molar-refractivity contribution in [2.24, 2.45) is 11.8 Å². The first-order chi connectivity index (χ1) is 14.7. The molecule has 3 aliphatic heterocycles. The van der Waals surface area contributed by atoms with E-state index in [1.807, 2.05) is 0 Å². The molecule has 0 aliphatic carbocycles. The van der Waals surface area contributed by atoms with Gasteiger partial charge in [0.2, 0.25) is 0 Å². The molecule has 1 amide bonds. The minimum absolute atomic E-state index is 0.0563. The number of ether oxygens (including phenoxy) is 5. The van der Waals surface area contributed by atoms with Gasteiger partial charge in [-0.15, -0.1) is 0 Å². The molecule has 2 atom stereocenters. The van der Waals surface area contributed by atoms with Crippen LogP contribution < -0.4 is 0 Å². The number of likely N-dealkylation sites (tertiary alicyclic amines) is 1. The highest BCUT2D eigenvalue weighted by Gasteiger charge is 2.41. The minimum Gasteiger partial charge on any atom is -0.463 e. The van der Waals surface area contributed by atoms with Crippen LogP contribution in [0.5, 0.6) is 0 Å². The number of amides is 1. The Labute approximate surface area is 183 Å². The molecular weight excluding hydrogens is 406 g/mol. The molecule has 0 N–H and O–H groups in total. The molecule has 0 saturated carbocycles. The van der Waals surface area contributed by atoms with Crippen LogP contribution in [0.15, 0.2) is 0 Å². The molecule has 0 aromatic carbocycles. The van der Waals surface area contributed by atoms with E-state index in [0.29, 0.717) is 58.5 Å². The Morgan fingerprint density at radius 3 is 2.00 bits per heavy atom. The standard InChI is InChI=1S/C22H35NO8/c1-22(2,3)31-21(26)23-13-18(30-20(25)16-6-10-28-11-7-16)12-17(23)14-29-19(24)15-4-8-27-9-5-15/h15-18H,4-14H2,1-3H3/t17-,18+/m0/s1. The highest BCUT2D eigenvalue weighted by Crippen LogP contribution is 2.26. The average Bonchev–Trinajstić information content (AvgIpc) is 3.15. The molecule has 3 rings (SSSR count). The van der Waals surface area contributed by atoms with Crippen LogP contribution in [0.1, 0.15) is 52.9 Å². The molecular formula is C22H35NO8. The molecule has 3 fully saturated rings. The van der Waals surface area contributed by atoms with Crippen molar-refractivity contribution in [1.29, 1.82) is 0 Å². The first-order valence-electron chi connectivity index (χ1n) is 11.2. The van der Waals surface area contributed by atoms with Gasteiger partial charge in [0.25, 0.3) is 0 Å². The van der Waals surface area contributed by atoms with Crippen LogP contribution in [0.3, 0.4) is 0 Å². The quantitative estimate of drug-likeness (QED) is 0.473. The Morgan fingerprint density at radius 2 is 1.45 bits per heavy atom. The van der Waals surface area contributed by atoms with Crippen molar-refractivity contribution in [1.82, 2.24) is 4.90 Å². The first-order valence-corrected chi connectivity index (χ1v) is 11.2. The number of hydrogen-bond donors (Lipinski definition) is 0. The van der Waals surface area contributed by atoms with Gasteiger partial charge in [0.1, 0.15) is 18.3 Å². The third-order valence-electron chi connectivity index (χ3n) is 5.81. The predicted octanol–water partition coefficient (Wildman–Crippen LogP) is 2.30. The van der Waals surface area contributed by atoms with Crippen molar-refractivity contribution < 1.29 is 38.1 Å². The summed E-state index contributed by atoms with van der Waals surface area (Å²) in [4.78, 5) is 39.2. The summed E-state index contributed by atoms with van der Waals surface area (Å²) in [6.07, 6.45) is 2.05. The Bertz CT molecular complexity index is 634. The van der Waals surface area contributed by atoms with Crippen LogP contribution in [-0.2, 0) is 33.3 Å². The van der Waals surface area contributed by atoms with Crippen molar-refractivity contribution in [2.75, 3.05) is 39.6 Å². The molecule has 0 aromatic rings. The largest absolute Gasteiger partial charge is 0.463 e. The third kappa shape index (κ3) is 7.07. The highest BCUT2D eigenvalue weighted by atomic mass is 16.6. The van der Waals surface area contributed by atoms with Gasteiger partial charge in [-0.1, -0.05) is 0 Å². The van der Waals surface area contributed by atoms with Gasteiger partial charge in [-0.05, 0) is 46.5 Å². The number of nitrogens with zero attached hydrogens (tertiary/aromatic N) is 1. The van der Waals surface area contributed by atoms with Gasteiger partial charge in [-0.2, -0.15) is 0 Å². The maximum Gasteiger partial charge on any atom is 0.410 e. The molecule has 0 radical (unpaired) electrons. The summed E-state index contributed by atoms with van der Waals surface area (Å²) in [5.41, 5.74) is -0.655. The van der Waals surface area contributed by atoms with E-state index in [0.717, 1.165) is 0 Å². The molecule has 3 saturated heterocycles. The summed E-state index contributed by atoms with van der Waals surface area (Å²) in [7, 11) is 0. The normalized spacial score (nSPS) is 25.8. The van der Waals surface area contributed by atoms with Crippen LogP contribution in [0, 0.1) is 11.8 Å². The zero-order chi connectivity index (χ0) is 22.4. The van der Waals surface area contributed by atoms with Gasteiger partial charge >= 0.3 is 18.0 Å². The second-order valence-corrected chi connectivity index (χ2v) is 9.48. The molecule has 176 valence electrons. The van der Waals surface area contributed by atoms with E-state index in [1.54, 1.807) is 20.8 Å². The van der Waals surface area contributed by atoms with Gasteiger partial charge in [0, 0.05) is 32.8 Å². The fraction of sp³-hybridized carbons (Fsp3) is 0.864. The van der Waals surface area contributed by atoms with Crippen LogP contribution in [-0.4, -0.2) is 80.3 Å². The number of hydrogen-bond acceptors (Lipinski definition) is 8. The van der Waals surface area contributed by atoms with Crippen molar-refractivity contribution in [3.63, 3.8) is 0 Å². The molecule has 0 aromatic heterocycles. The smallest absolute Gasteiger partial charge is 0.410 e. The number of rotatable bonds is 5. The van der Waals surface area contributed by atoms with E-state index < -0.39 is 23.8 Å². The average molecular weight is 442 g/mol. The summed E-state index contributed by atoms with van der Waals surface area (Å²) in [5.74, 6) is -0.867. The summed E-state index contributed by atoms with van der Waals surface area (Å²) in [5, 5.41) is 0. The monoisotopic (exact) mass is 441 g/mol. The second-order valence-electron chi connectivity index (χ2n) is 9.48. The van der Waals surface area contributed by atoms with E-state index in [9.17, 15) is 14.4 Å². The van der Waals surface area contributed by atoms with Crippen molar-refractivity contribution in [3.05, 3.63) is 0 Å². The van der Waals surface area contributed by atoms with Crippen LogP contribution in [0.25, 0.3) is 0 Å². The van der Waals surface area contributed by atoms with Gasteiger partial charge in [0.05, 0.1) is 24.4 Å².